The van der Waals surface area contributed by atoms with Gasteiger partial charge in [-0.15, -0.1) is 0 Å². The van der Waals surface area contributed by atoms with Crippen LogP contribution in [0.2, 0.25) is 0 Å². The van der Waals surface area contributed by atoms with Crippen molar-refractivity contribution in [3.05, 3.63) is 35.9 Å². The summed E-state index contributed by atoms with van der Waals surface area (Å²) in [6, 6.07) is 8.43. The zero-order valence-electron chi connectivity index (χ0n) is 14.8. The molecule has 0 saturated carbocycles. The van der Waals surface area contributed by atoms with Crippen LogP contribution in [0.25, 0.3) is 0 Å². The number of amidine groups is 1. The smallest absolute Gasteiger partial charge is 0.273 e. The maximum Gasteiger partial charge on any atom is 0.407 e. The molecule has 7 nitrogen and oxygen atoms in total. The summed E-state index contributed by atoms with van der Waals surface area (Å²) in [5.74, 6) is -3.74. The van der Waals surface area contributed by atoms with Crippen LogP contribution in [-0.4, -0.2) is 65.6 Å². The SMILES string of the molecule is O=C(Cc1ccccc1)NN1C(=O)C2C=NN(CC(F)(F)F)C2N=C1C(F)CF. The Balaban J connectivity index is 1.82. The number of rotatable bonds is 6. The van der Waals surface area contributed by atoms with Crippen molar-refractivity contribution in [2.45, 2.75) is 24.9 Å². The van der Waals surface area contributed by atoms with Gasteiger partial charge in [-0.3, -0.25) is 20.0 Å². The summed E-state index contributed by atoms with van der Waals surface area (Å²) in [5, 5.41) is 4.46. The fourth-order valence-corrected chi connectivity index (χ4v) is 2.95. The van der Waals surface area contributed by atoms with Crippen molar-refractivity contribution in [3.63, 3.8) is 0 Å². The molecule has 1 aromatic carbocycles. The zero-order valence-corrected chi connectivity index (χ0v) is 14.8. The number of fused-ring (bicyclic) bond motifs is 1. The van der Waals surface area contributed by atoms with E-state index in [1.54, 1.807) is 30.3 Å². The van der Waals surface area contributed by atoms with Gasteiger partial charge in [0.15, 0.2) is 18.2 Å². The molecule has 0 saturated heterocycles. The molecule has 0 spiro atoms. The van der Waals surface area contributed by atoms with Crippen LogP contribution in [0.1, 0.15) is 5.56 Å². The number of hydrazone groups is 1. The molecular formula is C17H16F5N5O2. The molecule has 2 aliphatic heterocycles. The first-order valence-electron chi connectivity index (χ1n) is 8.52. The van der Waals surface area contributed by atoms with E-state index < -0.39 is 55.3 Å². The molecule has 156 valence electrons. The van der Waals surface area contributed by atoms with Crippen LogP contribution in [0.4, 0.5) is 22.0 Å². The largest absolute Gasteiger partial charge is 0.407 e. The summed E-state index contributed by atoms with van der Waals surface area (Å²) in [4.78, 5) is 28.7. The molecule has 0 aliphatic carbocycles. The van der Waals surface area contributed by atoms with E-state index in [9.17, 15) is 31.5 Å². The van der Waals surface area contributed by atoms with Gasteiger partial charge in [0.2, 0.25) is 5.91 Å². The molecule has 0 aromatic heterocycles. The number of halogens is 5. The molecule has 2 aliphatic rings. The number of aliphatic imine (C=N–C) groups is 1. The van der Waals surface area contributed by atoms with E-state index in [1.165, 1.54) is 0 Å². The highest BCUT2D eigenvalue weighted by atomic mass is 19.4. The number of benzene rings is 1. The van der Waals surface area contributed by atoms with Crippen molar-refractivity contribution in [1.82, 2.24) is 15.4 Å². The number of hydrogen-bond donors (Lipinski definition) is 1. The first kappa shape index (κ1) is 20.7. The van der Waals surface area contributed by atoms with Crippen molar-refractivity contribution in [2.24, 2.45) is 16.0 Å². The minimum Gasteiger partial charge on any atom is -0.273 e. The van der Waals surface area contributed by atoms with Crippen molar-refractivity contribution < 1.29 is 31.5 Å². The van der Waals surface area contributed by atoms with Crippen LogP contribution in [0.3, 0.4) is 0 Å². The van der Waals surface area contributed by atoms with E-state index in [1.807, 2.05) is 0 Å². The van der Waals surface area contributed by atoms with Crippen LogP contribution >= 0.6 is 0 Å². The second-order valence-electron chi connectivity index (χ2n) is 6.40. The number of hydrogen-bond acceptors (Lipinski definition) is 5. The van der Waals surface area contributed by atoms with E-state index >= 15 is 0 Å². The van der Waals surface area contributed by atoms with Crippen LogP contribution in [0.5, 0.6) is 0 Å². The predicted octanol–water partition coefficient (Wildman–Crippen LogP) is 1.61. The van der Waals surface area contributed by atoms with E-state index in [0.717, 1.165) is 6.21 Å². The second-order valence-corrected chi connectivity index (χ2v) is 6.40. The van der Waals surface area contributed by atoms with E-state index in [0.29, 0.717) is 15.6 Å². The van der Waals surface area contributed by atoms with Crippen LogP contribution in [0, 0.1) is 5.92 Å². The van der Waals surface area contributed by atoms with Gasteiger partial charge in [0, 0.05) is 6.21 Å². The number of carbonyl (C=O) groups excluding carboxylic acids is 2. The maximum absolute atomic E-state index is 14.1. The Bertz CT molecular complexity index is 829. The molecule has 29 heavy (non-hydrogen) atoms. The van der Waals surface area contributed by atoms with Gasteiger partial charge in [-0.2, -0.15) is 18.3 Å². The van der Waals surface area contributed by atoms with E-state index in [2.05, 4.69) is 15.5 Å². The first-order valence-corrected chi connectivity index (χ1v) is 8.52. The second kappa shape index (κ2) is 8.13. The average molecular weight is 417 g/mol. The topological polar surface area (TPSA) is 77.4 Å². The number of hydrazine groups is 1. The monoisotopic (exact) mass is 417 g/mol. The number of alkyl halides is 5. The molecule has 2 amide bonds. The summed E-state index contributed by atoms with van der Waals surface area (Å²) in [5.41, 5.74) is 2.77. The number of nitrogens with one attached hydrogen (secondary N) is 1. The summed E-state index contributed by atoms with van der Waals surface area (Å²) in [7, 11) is 0. The molecule has 3 rings (SSSR count). The quantitative estimate of drug-likeness (QED) is 0.715. The van der Waals surface area contributed by atoms with Crippen LogP contribution in [0.15, 0.2) is 40.4 Å². The highest BCUT2D eigenvalue weighted by Gasteiger charge is 2.48. The zero-order chi connectivity index (χ0) is 21.2. The molecule has 0 fully saturated rings. The Morgan fingerprint density at radius 3 is 2.55 bits per heavy atom. The lowest BCUT2D eigenvalue weighted by Gasteiger charge is -2.35. The number of nitrogens with zero attached hydrogens (tertiary/aromatic N) is 4. The van der Waals surface area contributed by atoms with Gasteiger partial charge in [0.05, 0.1) is 6.42 Å². The van der Waals surface area contributed by atoms with Gasteiger partial charge in [-0.25, -0.2) is 18.8 Å². The van der Waals surface area contributed by atoms with Gasteiger partial charge < -0.3 is 0 Å². The van der Waals surface area contributed by atoms with Gasteiger partial charge in [-0.05, 0) is 5.56 Å². The lowest BCUT2D eigenvalue weighted by Crippen LogP contribution is -2.60. The van der Waals surface area contributed by atoms with Crippen molar-refractivity contribution in [1.29, 1.82) is 0 Å². The van der Waals surface area contributed by atoms with Crippen LogP contribution in [-0.2, 0) is 16.0 Å². The standard InChI is InChI=1S/C17H16F5N5O2/c18-7-12(19)15-24-14-11(8-23-26(14)9-17(20,21)22)16(29)27(15)25-13(28)6-10-4-2-1-3-5-10/h1-5,8,11-12,14H,6-7,9H2,(H,25,28). The Morgan fingerprint density at radius 2 is 1.93 bits per heavy atom. The Morgan fingerprint density at radius 1 is 1.24 bits per heavy atom. The van der Waals surface area contributed by atoms with E-state index in [4.69, 9.17) is 0 Å². The minimum atomic E-state index is -4.64. The summed E-state index contributed by atoms with van der Waals surface area (Å²) in [6.45, 7) is -3.09. The highest BCUT2D eigenvalue weighted by molar-refractivity contribution is 6.09. The number of carbonyl (C=O) groups is 2. The Labute approximate surface area is 161 Å². The fraction of sp³-hybridized carbons (Fsp3) is 0.412. The Hall–Kier alpha value is -3.05. The normalized spacial score (nSPS) is 22.4. The molecule has 3 unspecified atom stereocenters. The maximum atomic E-state index is 14.1. The predicted molar refractivity (Wildman–Crippen MR) is 92.0 cm³/mol. The third-order valence-electron chi connectivity index (χ3n) is 4.20. The molecule has 12 heteroatoms. The summed E-state index contributed by atoms with van der Waals surface area (Å²) >= 11 is 0. The fourth-order valence-electron chi connectivity index (χ4n) is 2.95. The third kappa shape index (κ3) is 4.69. The molecule has 2 heterocycles. The van der Waals surface area contributed by atoms with E-state index in [-0.39, 0.29) is 6.42 Å². The molecule has 0 radical (unpaired) electrons. The lowest BCUT2D eigenvalue weighted by molar-refractivity contribution is -0.154. The summed E-state index contributed by atoms with van der Waals surface area (Å²) < 4.78 is 65.1. The molecule has 0 bridgehead atoms. The summed E-state index contributed by atoms with van der Waals surface area (Å²) in [6.07, 6.45) is -7.73. The number of amides is 2. The van der Waals surface area contributed by atoms with Crippen LogP contribution < -0.4 is 5.43 Å². The third-order valence-corrected chi connectivity index (χ3v) is 4.20. The van der Waals surface area contributed by atoms with Gasteiger partial charge in [-0.1, -0.05) is 30.3 Å². The first-order chi connectivity index (χ1) is 13.7. The molecule has 1 aromatic rings. The van der Waals surface area contributed by atoms with Gasteiger partial charge in [0.1, 0.15) is 19.1 Å². The molecule has 3 atom stereocenters. The van der Waals surface area contributed by atoms with Gasteiger partial charge >= 0.3 is 6.18 Å². The average Bonchev–Trinajstić information content (AvgIpc) is 3.05. The lowest BCUT2D eigenvalue weighted by atomic mass is 10.0. The minimum absolute atomic E-state index is 0.160. The highest BCUT2D eigenvalue weighted by Crippen LogP contribution is 2.29. The van der Waals surface area contributed by atoms with Crippen molar-refractivity contribution in [2.75, 3.05) is 13.2 Å². The molecule has 1 N–H and O–H groups in total. The van der Waals surface area contributed by atoms with Crippen molar-refractivity contribution in [3.8, 4) is 0 Å². The van der Waals surface area contributed by atoms with Crippen molar-refractivity contribution >= 4 is 23.9 Å². The molecular weight excluding hydrogens is 401 g/mol. The Kier molecular flexibility index (Phi) is 5.80. The van der Waals surface area contributed by atoms with Gasteiger partial charge in [0.25, 0.3) is 5.91 Å².